The lowest BCUT2D eigenvalue weighted by atomic mass is 10.1. The first-order chi connectivity index (χ1) is 7.20. The molecule has 0 radical (unpaired) electrons. The lowest BCUT2D eigenvalue weighted by Gasteiger charge is -1.98. The Hall–Kier alpha value is -1.37. The van der Waals surface area contributed by atoms with E-state index in [2.05, 4.69) is 0 Å². The van der Waals surface area contributed by atoms with Crippen LogP contribution in [0.15, 0.2) is 30.3 Å². The third-order valence-corrected chi connectivity index (χ3v) is 3.23. The first-order valence-corrected chi connectivity index (χ1v) is 5.35. The Bertz CT molecular complexity index is 542. The van der Waals surface area contributed by atoms with Crippen LogP contribution >= 0.6 is 22.9 Å². The quantitative estimate of drug-likeness (QED) is 0.733. The van der Waals surface area contributed by atoms with Gasteiger partial charge in [-0.05, 0) is 29.8 Å². The summed E-state index contributed by atoms with van der Waals surface area (Å²) in [6.45, 7) is 0. The van der Waals surface area contributed by atoms with Crippen molar-refractivity contribution >= 4 is 22.9 Å². The highest BCUT2D eigenvalue weighted by atomic mass is 35.5. The van der Waals surface area contributed by atoms with E-state index in [4.69, 9.17) is 16.9 Å². The van der Waals surface area contributed by atoms with E-state index in [9.17, 15) is 4.39 Å². The predicted molar refractivity (Wildman–Crippen MR) is 59.4 cm³/mol. The summed E-state index contributed by atoms with van der Waals surface area (Å²) >= 11 is 7.16. The second kappa shape index (κ2) is 4.01. The Morgan fingerprint density at radius 1 is 1.27 bits per heavy atom. The van der Waals surface area contributed by atoms with Crippen molar-refractivity contribution in [1.82, 2.24) is 0 Å². The van der Waals surface area contributed by atoms with Crippen molar-refractivity contribution in [2.75, 3.05) is 0 Å². The molecule has 0 unspecified atom stereocenters. The van der Waals surface area contributed by atoms with Gasteiger partial charge in [0.15, 0.2) is 0 Å². The highest BCUT2D eigenvalue weighted by Crippen LogP contribution is 2.31. The van der Waals surface area contributed by atoms with Gasteiger partial charge < -0.3 is 0 Å². The van der Waals surface area contributed by atoms with E-state index in [1.165, 1.54) is 23.5 Å². The fourth-order valence-electron chi connectivity index (χ4n) is 1.23. The molecule has 0 amide bonds. The molecule has 1 heterocycles. The molecule has 0 atom stereocenters. The summed E-state index contributed by atoms with van der Waals surface area (Å²) in [6.07, 6.45) is 0. The van der Waals surface area contributed by atoms with Crippen LogP contribution in [0.25, 0.3) is 10.4 Å². The smallest absolute Gasteiger partial charge is 0.141 e. The molecule has 1 aromatic heterocycles. The molecule has 0 saturated carbocycles. The van der Waals surface area contributed by atoms with Crippen LogP contribution in [0.4, 0.5) is 4.39 Å². The maximum absolute atomic E-state index is 13.3. The average Bonchev–Trinajstić information content (AvgIpc) is 2.65. The zero-order chi connectivity index (χ0) is 10.8. The number of rotatable bonds is 1. The maximum atomic E-state index is 13.3. The molecule has 15 heavy (non-hydrogen) atoms. The lowest BCUT2D eigenvalue weighted by Crippen LogP contribution is -1.83. The van der Waals surface area contributed by atoms with Crippen molar-refractivity contribution in [3.63, 3.8) is 0 Å². The summed E-state index contributed by atoms with van der Waals surface area (Å²) in [5.74, 6) is -0.500. The normalized spacial score (nSPS) is 9.93. The number of hydrogen-bond donors (Lipinski definition) is 0. The summed E-state index contributed by atoms with van der Waals surface area (Å²) in [6, 6.07) is 9.90. The van der Waals surface area contributed by atoms with E-state index in [1.807, 2.05) is 6.07 Å². The summed E-state index contributed by atoms with van der Waals surface area (Å²) in [7, 11) is 0. The van der Waals surface area contributed by atoms with Gasteiger partial charge in [-0.2, -0.15) is 5.26 Å². The molecular weight excluding hydrogens is 233 g/mol. The molecule has 1 aromatic carbocycles. The number of nitriles is 1. The van der Waals surface area contributed by atoms with E-state index in [-0.39, 0.29) is 5.56 Å². The van der Waals surface area contributed by atoms with Gasteiger partial charge in [0, 0.05) is 4.88 Å². The van der Waals surface area contributed by atoms with E-state index >= 15 is 0 Å². The van der Waals surface area contributed by atoms with Gasteiger partial charge in [0.25, 0.3) is 0 Å². The Morgan fingerprint density at radius 3 is 2.60 bits per heavy atom. The molecule has 2 aromatic rings. The van der Waals surface area contributed by atoms with Crippen LogP contribution in [-0.2, 0) is 0 Å². The highest BCUT2D eigenvalue weighted by molar-refractivity contribution is 7.19. The Kier molecular flexibility index (Phi) is 2.72. The molecule has 2 rings (SSSR count). The number of halogens is 2. The summed E-state index contributed by atoms with van der Waals surface area (Å²) < 4.78 is 14.0. The molecule has 0 fully saturated rings. The van der Waals surface area contributed by atoms with E-state index in [1.54, 1.807) is 18.2 Å². The van der Waals surface area contributed by atoms with Gasteiger partial charge in [-0.25, -0.2) is 4.39 Å². The molecule has 0 spiro atoms. The van der Waals surface area contributed by atoms with Crippen LogP contribution < -0.4 is 0 Å². The van der Waals surface area contributed by atoms with Crippen LogP contribution in [0.1, 0.15) is 5.56 Å². The minimum Gasteiger partial charge on any atom is -0.206 e. The van der Waals surface area contributed by atoms with Crippen molar-refractivity contribution in [2.45, 2.75) is 0 Å². The van der Waals surface area contributed by atoms with Crippen LogP contribution in [0.5, 0.6) is 0 Å². The summed E-state index contributed by atoms with van der Waals surface area (Å²) in [4.78, 5) is 0.892. The molecule has 0 aliphatic heterocycles. The van der Waals surface area contributed by atoms with Gasteiger partial charge in [-0.1, -0.05) is 17.7 Å². The highest BCUT2D eigenvalue weighted by Gasteiger charge is 2.06. The van der Waals surface area contributed by atoms with E-state index in [0.717, 1.165) is 10.4 Å². The summed E-state index contributed by atoms with van der Waals surface area (Å²) in [5, 5.41) is 8.58. The zero-order valence-electron chi connectivity index (χ0n) is 7.50. The van der Waals surface area contributed by atoms with Crippen molar-refractivity contribution in [1.29, 1.82) is 5.26 Å². The van der Waals surface area contributed by atoms with Gasteiger partial charge in [0.2, 0.25) is 0 Å². The number of thiophene rings is 1. The minimum atomic E-state index is -0.500. The van der Waals surface area contributed by atoms with Gasteiger partial charge in [0.1, 0.15) is 11.9 Å². The number of benzene rings is 1. The van der Waals surface area contributed by atoms with Crippen molar-refractivity contribution in [2.24, 2.45) is 0 Å². The monoisotopic (exact) mass is 237 g/mol. The second-order valence-electron chi connectivity index (χ2n) is 2.91. The van der Waals surface area contributed by atoms with E-state index in [0.29, 0.717) is 4.34 Å². The molecule has 74 valence electrons. The molecule has 0 aliphatic rings. The third kappa shape index (κ3) is 2.01. The van der Waals surface area contributed by atoms with Crippen LogP contribution in [-0.4, -0.2) is 0 Å². The predicted octanol–water partition coefficient (Wildman–Crippen LogP) is 4.08. The fourth-order valence-corrected chi connectivity index (χ4v) is 2.27. The number of hydrogen-bond acceptors (Lipinski definition) is 2. The van der Waals surface area contributed by atoms with Crippen molar-refractivity contribution in [3.8, 4) is 16.5 Å². The first kappa shape index (κ1) is 10.2. The number of nitrogens with zero attached hydrogens (tertiary/aromatic N) is 1. The molecule has 4 heteroatoms. The Morgan fingerprint density at radius 2 is 2.07 bits per heavy atom. The van der Waals surface area contributed by atoms with Crippen LogP contribution in [0, 0.1) is 17.1 Å². The Balaban J connectivity index is 2.48. The van der Waals surface area contributed by atoms with E-state index < -0.39 is 5.82 Å². The van der Waals surface area contributed by atoms with Crippen LogP contribution in [0.2, 0.25) is 4.34 Å². The molecule has 0 saturated heterocycles. The first-order valence-electron chi connectivity index (χ1n) is 4.16. The van der Waals surface area contributed by atoms with Gasteiger partial charge in [-0.3, -0.25) is 0 Å². The zero-order valence-corrected chi connectivity index (χ0v) is 9.07. The second-order valence-corrected chi connectivity index (χ2v) is 4.63. The molecule has 0 N–H and O–H groups in total. The Labute approximate surface area is 95.4 Å². The molecule has 0 bridgehead atoms. The van der Waals surface area contributed by atoms with Crippen LogP contribution in [0.3, 0.4) is 0 Å². The molecule has 0 aliphatic carbocycles. The fraction of sp³-hybridized carbons (Fsp3) is 0. The largest absolute Gasteiger partial charge is 0.206 e. The van der Waals surface area contributed by atoms with Gasteiger partial charge in [-0.15, -0.1) is 11.3 Å². The third-order valence-electron chi connectivity index (χ3n) is 1.95. The average molecular weight is 238 g/mol. The van der Waals surface area contributed by atoms with Gasteiger partial charge in [0.05, 0.1) is 9.90 Å². The van der Waals surface area contributed by atoms with Crippen molar-refractivity contribution < 1.29 is 4.39 Å². The topological polar surface area (TPSA) is 23.8 Å². The summed E-state index contributed by atoms with van der Waals surface area (Å²) in [5.41, 5.74) is 0.796. The van der Waals surface area contributed by atoms with Crippen molar-refractivity contribution in [3.05, 3.63) is 46.0 Å². The molecule has 1 nitrogen and oxygen atoms in total. The maximum Gasteiger partial charge on any atom is 0.141 e. The van der Waals surface area contributed by atoms with Gasteiger partial charge >= 0.3 is 0 Å². The standard InChI is InChI=1S/C11H5ClFNS/c12-11-4-3-10(15-11)7-1-2-8(6-14)9(13)5-7/h1-5H. The molecular formula is C11H5ClFNS. The lowest BCUT2D eigenvalue weighted by molar-refractivity contribution is 0.624. The minimum absolute atomic E-state index is 0.0569. The SMILES string of the molecule is N#Cc1ccc(-c2ccc(Cl)s2)cc1F.